The predicted octanol–water partition coefficient (Wildman–Crippen LogP) is 1.59. The SMILES string of the molecule is COc1cc(CCNC(=O)CSc2nnc(N)s2)cc(OC)c1. The molecule has 9 heteroatoms. The lowest BCUT2D eigenvalue weighted by molar-refractivity contribution is -0.118. The quantitative estimate of drug-likeness (QED) is 0.694. The zero-order chi connectivity index (χ0) is 16.7. The Labute approximate surface area is 142 Å². The Morgan fingerprint density at radius 3 is 2.52 bits per heavy atom. The summed E-state index contributed by atoms with van der Waals surface area (Å²) in [7, 11) is 3.22. The molecule has 1 amide bonds. The zero-order valence-corrected chi connectivity index (χ0v) is 14.5. The lowest BCUT2D eigenvalue weighted by atomic mass is 10.1. The first-order valence-electron chi connectivity index (χ1n) is 6.81. The molecule has 3 N–H and O–H groups in total. The number of nitrogens with one attached hydrogen (secondary N) is 1. The summed E-state index contributed by atoms with van der Waals surface area (Å²) in [6, 6.07) is 5.66. The summed E-state index contributed by atoms with van der Waals surface area (Å²) in [6.07, 6.45) is 0.690. The molecule has 23 heavy (non-hydrogen) atoms. The van der Waals surface area contributed by atoms with E-state index < -0.39 is 0 Å². The van der Waals surface area contributed by atoms with Gasteiger partial charge in [0.1, 0.15) is 11.5 Å². The van der Waals surface area contributed by atoms with Crippen molar-refractivity contribution in [3.63, 3.8) is 0 Å². The highest BCUT2D eigenvalue weighted by Gasteiger charge is 2.07. The van der Waals surface area contributed by atoms with E-state index in [0.29, 0.717) is 22.4 Å². The van der Waals surface area contributed by atoms with Crippen LogP contribution in [0, 0.1) is 0 Å². The molecule has 0 aliphatic carbocycles. The van der Waals surface area contributed by atoms with E-state index in [2.05, 4.69) is 15.5 Å². The van der Waals surface area contributed by atoms with Crippen LogP contribution in [0.15, 0.2) is 22.5 Å². The largest absolute Gasteiger partial charge is 0.497 e. The first-order valence-corrected chi connectivity index (χ1v) is 8.61. The van der Waals surface area contributed by atoms with E-state index >= 15 is 0 Å². The van der Waals surface area contributed by atoms with Crippen molar-refractivity contribution >= 4 is 34.1 Å². The van der Waals surface area contributed by atoms with E-state index in [1.54, 1.807) is 14.2 Å². The van der Waals surface area contributed by atoms with E-state index in [-0.39, 0.29) is 11.7 Å². The minimum atomic E-state index is -0.0568. The van der Waals surface area contributed by atoms with Gasteiger partial charge in [-0.15, -0.1) is 10.2 Å². The summed E-state index contributed by atoms with van der Waals surface area (Å²) in [6.45, 7) is 0.536. The summed E-state index contributed by atoms with van der Waals surface area (Å²) < 4.78 is 11.1. The van der Waals surface area contributed by atoms with Crippen molar-refractivity contribution in [3.05, 3.63) is 23.8 Å². The third-order valence-electron chi connectivity index (χ3n) is 2.90. The third-order valence-corrected chi connectivity index (χ3v) is 4.78. The van der Waals surface area contributed by atoms with Gasteiger partial charge in [0.05, 0.1) is 20.0 Å². The highest BCUT2D eigenvalue weighted by atomic mass is 32.2. The molecule has 1 aromatic heterocycles. The average molecular weight is 354 g/mol. The fourth-order valence-corrected chi connectivity index (χ4v) is 3.28. The Bertz CT molecular complexity index is 641. The maximum absolute atomic E-state index is 11.8. The van der Waals surface area contributed by atoms with E-state index in [4.69, 9.17) is 15.2 Å². The second-order valence-electron chi connectivity index (χ2n) is 4.52. The van der Waals surface area contributed by atoms with Crippen LogP contribution >= 0.6 is 23.1 Å². The molecule has 2 rings (SSSR count). The molecule has 0 aliphatic heterocycles. The molecule has 1 heterocycles. The Hall–Kier alpha value is -2.00. The number of nitrogens with two attached hydrogens (primary N) is 1. The normalized spacial score (nSPS) is 10.3. The Kier molecular flexibility index (Phi) is 6.48. The first-order chi connectivity index (χ1) is 11.1. The Morgan fingerprint density at radius 2 is 1.96 bits per heavy atom. The summed E-state index contributed by atoms with van der Waals surface area (Å²) in [4.78, 5) is 11.8. The number of amides is 1. The number of hydrogen-bond acceptors (Lipinski definition) is 8. The van der Waals surface area contributed by atoms with E-state index in [1.165, 1.54) is 23.1 Å². The molecule has 124 valence electrons. The monoisotopic (exact) mass is 354 g/mol. The van der Waals surface area contributed by atoms with E-state index in [1.807, 2.05) is 18.2 Å². The third kappa shape index (κ3) is 5.61. The zero-order valence-electron chi connectivity index (χ0n) is 12.9. The van der Waals surface area contributed by atoms with Crippen LogP contribution in [0.5, 0.6) is 11.5 Å². The molecule has 0 spiro atoms. The van der Waals surface area contributed by atoms with Gasteiger partial charge in [0.25, 0.3) is 0 Å². The van der Waals surface area contributed by atoms with Crippen LogP contribution in [-0.2, 0) is 11.2 Å². The molecule has 2 aromatic rings. The van der Waals surface area contributed by atoms with E-state index in [0.717, 1.165) is 17.1 Å². The van der Waals surface area contributed by atoms with Gasteiger partial charge < -0.3 is 20.5 Å². The average Bonchev–Trinajstić information content (AvgIpc) is 2.98. The molecule has 1 aromatic carbocycles. The standard InChI is InChI=1S/C14H18N4O3S2/c1-20-10-5-9(6-11(7-10)21-2)3-4-16-12(19)8-22-14-18-17-13(15)23-14/h5-7H,3-4,8H2,1-2H3,(H2,15,17)(H,16,19). The molecule has 0 saturated heterocycles. The van der Waals surface area contributed by atoms with Crippen molar-refractivity contribution in [1.29, 1.82) is 0 Å². The topological polar surface area (TPSA) is 99.4 Å². The second kappa shape index (κ2) is 8.59. The molecular formula is C14H18N4O3S2. The number of benzene rings is 1. The molecule has 0 saturated carbocycles. The van der Waals surface area contributed by atoms with Crippen LogP contribution in [0.3, 0.4) is 0 Å². The fourth-order valence-electron chi connectivity index (χ4n) is 1.81. The molecule has 0 atom stereocenters. The van der Waals surface area contributed by atoms with Crippen molar-refractivity contribution in [3.8, 4) is 11.5 Å². The number of carbonyl (C=O) groups is 1. The first kappa shape index (κ1) is 17.4. The van der Waals surface area contributed by atoms with Gasteiger partial charge in [0.2, 0.25) is 11.0 Å². The van der Waals surface area contributed by atoms with Crippen LogP contribution in [0.2, 0.25) is 0 Å². The molecule has 0 aliphatic rings. The summed E-state index contributed by atoms with van der Waals surface area (Å²) in [5.41, 5.74) is 6.52. The predicted molar refractivity (Wildman–Crippen MR) is 91.3 cm³/mol. The molecular weight excluding hydrogens is 336 g/mol. The Morgan fingerprint density at radius 1 is 1.26 bits per heavy atom. The minimum Gasteiger partial charge on any atom is -0.497 e. The van der Waals surface area contributed by atoms with Crippen molar-refractivity contribution in [2.45, 2.75) is 10.8 Å². The molecule has 0 bridgehead atoms. The molecule has 7 nitrogen and oxygen atoms in total. The lowest BCUT2D eigenvalue weighted by Crippen LogP contribution is -2.27. The number of aromatic nitrogens is 2. The Balaban J connectivity index is 1.76. The minimum absolute atomic E-state index is 0.0568. The summed E-state index contributed by atoms with van der Waals surface area (Å²) in [5.74, 6) is 1.69. The lowest BCUT2D eigenvalue weighted by Gasteiger charge is -2.09. The van der Waals surface area contributed by atoms with Gasteiger partial charge in [-0.1, -0.05) is 23.1 Å². The van der Waals surface area contributed by atoms with Crippen LogP contribution in [0.4, 0.5) is 5.13 Å². The van der Waals surface area contributed by atoms with Crippen LogP contribution in [-0.4, -0.2) is 42.6 Å². The van der Waals surface area contributed by atoms with Crippen molar-refractivity contribution in [2.75, 3.05) is 32.3 Å². The number of rotatable bonds is 8. The highest BCUT2D eigenvalue weighted by molar-refractivity contribution is 8.01. The smallest absolute Gasteiger partial charge is 0.230 e. The molecule has 0 radical (unpaired) electrons. The maximum atomic E-state index is 11.8. The van der Waals surface area contributed by atoms with Crippen LogP contribution in [0.1, 0.15) is 5.56 Å². The van der Waals surface area contributed by atoms with Crippen LogP contribution < -0.4 is 20.5 Å². The van der Waals surface area contributed by atoms with Crippen molar-refractivity contribution in [2.24, 2.45) is 0 Å². The number of thioether (sulfide) groups is 1. The summed E-state index contributed by atoms with van der Waals surface area (Å²) in [5, 5.41) is 10.8. The number of ether oxygens (including phenoxy) is 2. The number of nitrogens with zero attached hydrogens (tertiary/aromatic N) is 2. The number of anilines is 1. The van der Waals surface area contributed by atoms with Gasteiger partial charge >= 0.3 is 0 Å². The highest BCUT2D eigenvalue weighted by Crippen LogP contribution is 2.23. The van der Waals surface area contributed by atoms with Gasteiger partial charge in [0, 0.05) is 12.6 Å². The van der Waals surface area contributed by atoms with Crippen molar-refractivity contribution in [1.82, 2.24) is 15.5 Å². The second-order valence-corrected chi connectivity index (χ2v) is 6.75. The van der Waals surface area contributed by atoms with E-state index in [9.17, 15) is 4.79 Å². The van der Waals surface area contributed by atoms with Gasteiger partial charge in [-0.2, -0.15) is 0 Å². The number of methoxy groups -OCH3 is 2. The number of carbonyl (C=O) groups excluding carboxylic acids is 1. The molecule has 0 unspecified atom stereocenters. The maximum Gasteiger partial charge on any atom is 0.230 e. The van der Waals surface area contributed by atoms with Gasteiger partial charge in [-0.25, -0.2) is 0 Å². The van der Waals surface area contributed by atoms with Crippen molar-refractivity contribution < 1.29 is 14.3 Å². The summed E-state index contributed by atoms with van der Waals surface area (Å²) >= 11 is 2.59. The van der Waals surface area contributed by atoms with Gasteiger partial charge in [-0.3, -0.25) is 4.79 Å². The fraction of sp³-hybridized carbons (Fsp3) is 0.357. The number of hydrogen-bond donors (Lipinski definition) is 2. The van der Waals surface area contributed by atoms with Crippen LogP contribution in [0.25, 0.3) is 0 Å². The van der Waals surface area contributed by atoms with Gasteiger partial charge in [-0.05, 0) is 24.1 Å². The molecule has 0 fully saturated rings. The van der Waals surface area contributed by atoms with Gasteiger partial charge in [0.15, 0.2) is 4.34 Å². The number of nitrogen functional groups attached to an aromatic ring is 1.